The van der Waals surface area contributed by atoms with Crippen molar-refractivity contribution in [1.29, 1.82) is 0 Å². The lowest BCUT2D eigenvalue weighted by atomic mass is 9.99. The molecular weight excluding hydrogens is 200 g/mol. The normalized spacial score (nSPS) is 14.8. The lowest BCUT2D eigenvalue weighted by molar-refractivity contribution is 0.671. The number of fused-ring (bicyclic) bond motifs is 1. The molecule has 0 spiro atoms. The van der Waals surface area contributed by atoms with Crippen LogP contribution in [0.2, 0.25) is 0 Å². The van der Waals surface area contributed by atoms with Crippen LogP contribution in [-0.2, 0) is 12.8 Å². The van der Waals surface area contributed by atoms with Crippen LogP contribution in [-0.4, -0.2) is 14.8 Å². The topological polar surface area (TPSA) is 56.7 Å². The molecule has 0 unspecified atom stereocenters. The third-order valence-electron chi connectivity index (χ3n) is 3.06. The summed E-state index contributed by atoms with van der Waals surface area (Å²) in [5.74, 6) is 0. The van der Waals surface area contributed by atoms with Gasteiger partial charge in [-0.1, -0.05) is 0 Å². The summed E-state index contributed by atoms with van der Waals surface area (Å²) in [6, 6.07) is 1.90. The fraction of sp³-hybridized carbons (Fsp3) is 0.333. The lowest BCUT2D eigenvalue weighted by Gasteiger charge is -2.06. The number of aromatic nitrogens is 3. The zero-order valence-corrected chi connectivity index (χ0v) is 9.06. The summed E-state index contributed by atoms with van der Waals surface area (Å²) in [6.45, 7) is 0. The molecule has 2 N–H and O–H groups in total. The first-order chi connectivity index (χ1) is 7.84. The van der Waals surface area contributed by atoms with Gasteiger partial charge in [-0.25, -0.2) is 4.68 Å². The van der Waals surface area contributed by atoms with E-state index in [0.29, 0.717) is 5.69 Å². The van der Waals surface area contributed by atoms with Crippen molar-refractivity contribution in [1.82, 2.24) is 14.8 Å². The molecule has 0 saturated carbocycles. The fourth-order valence-corrected chi connectivity index (χ4v) is 2.20. The van der Waals surface area contributed by atoms with Crippen molar-refractivity contribution in [3.8, 4) is 5.69 Å². The van der Waals surface area contributed by atoms with Crippen LogP contribution in [0.4, 0.5) is 5.69 Å². The van der Waals surface area contributed by atoms with E-state index >= 15 is 0 Å². The Bertz CT molecular complexity index is 492. The molecule has 3 rings (SSSR count). The Morgan fingerprint density at radius 3 is 2.94 bits per heavy atom. The van der Waals surface area contributed by atoms with E-state index in [4.69, 9.17) is 5.73 Å². The van der Waals surface area contributed by atoms with Crippen LogP contribution in [0.5, 0.6) is 0 Å². The van der Waals surface area contributed by atoms with Gasteiger partial charge in [-0.05, 0) is 37.3 Å². The second kappa shape index (κ2) is 3.63. The van der Waals surface area contributed by atoms with E-state index in [1.807, 2.05) is 10.7 Å². The van der Waals surface area contributed by atoms with Gasteiger partial charge in [0.25, 0.3) is 0 Å². The molecule has 1 aliphatic carbocycles. The Morgan fingerprint density at radius 1 is 1.25 bits per heavy atom. The summed E-state index contributed by atoms with van der Waals surface area (Å²) in [7, 11) is 0. The molecule has 2 aromatic heterocycles. The molecule has 4 heteroatoms. The van der Waals surface area contributed by atoms with E-state index in [-0.39, 0.29) is 0 Å². The van der Waals surface area contributed by atoms with Crippen molar-refractivity contribution in [3.05, 3.63) is 35.9 Å². The lowest BCUT2D eigenvalue weighted by Crippen LogP contribution is -2.02. The summed E-state index contributed by atoms with van der Waals surface area (Å²) in [5.41, 5.74) is 10.1. The van der Waals surface area contributed by atoms with E-state index in [9.17, 15) is 0 Å². The van der Waals surface area contributed by atoms with Crippen molar-refractivity contribution < 1.29 is 0 Å². The van der Waals surface area contributed by atoms with Crippen LogP contribution >= 0.6 is 0 Å². The first kappa shape index (κ1) is 9.39. The van der Waals surface area contributed by atoms with Gasteiger partial charge in [0.2, 0.25) is 0 Å². The van der Waals surface area contributed by atoms with Crippen LogP contribution in [0.15, 0.2) is 24.7 Å². The minimum atomic E-state index is 0.669. The number of pyridine rings is 1. The largest absolute Gasteiger partial charge is 0.396 e. The van der Waals surface area contributed by atoms with E-state index in [1.54, 1.807) is 12.4 Å². The predicted molar refractivity (Wildman–Crippen MR) is 62.4 cm³/mol. The molecule has 0 aliphatic heterocycles. The maximum atomic E-state index is 5.89. The smallest absolute Gasteiger partial charge is 0.0906 e. The number of hydrogen-bond donors (Lipinski definition) is 1. The molecule has 2 heterocycles. The van der Waals surface area contributed by atoms with Crippen molar-refractivity contribution in [3.63, 3.8) is 0 Å². The molecule has 0 fully saturated rings. The summed E-state index contributed by atoms with van der Waals surface area (Å²) in [4.78, 5) is 3.99. The second-order valence-corrected chi connectivity index (χ2v) is 4.19. The van der Waals surface area contributed by atoms with Gasteiger partial charge in [-0.15, -0.1) is 0 Å². The number of nitrogen functional groups attached to an aromatic ring is 1. The molecule has 1 aliphatic rings. The molecule has 82 valence electrons. The van der Waals surface area contributed by atoms with E-state index in [2.05, 4.69) is 16.3 Å². The van der Waals surface area contributed by atoms with Crippen LogP contribution < -0.4 is 5.73 Å². The summed E-state index contributed by atoms with van der Waals surface area (Å²) < 4.78 is 1.88. The highest BCUT2D eigenvalue weighted by Crippen LogP contribution is 2.22. The number of aryl methyl sites for hydroxylation is 2. The number of nitrogens with zero attached hydrogens (tertiary/aromatic N) is 3. The van der Waals surface area contributed by atoms with Gasteiger partial charge in [0.15, 0.2) is 0 Å². The van der Waals surface area contributed by atoms with Gasteiger partial charge in [0, 0.05) is 12.4 Å². The quantitative estimate of drug-likeness (QED) is 0.786. The van der Waals surface area contributed by atoms with Gasteiger partial charge in [0.1, 0.15) is 0 Å². The molecule has 0 bridgehead atoms. The molecular formula is C12H14N4. The Morgan fingerprint density at radius 2 is 2.12 bits per heavy atom. The summed E-state index contributed by atoms with van der Waals surface area (Å²) in [5, 5.41) is 4.59. The molecule has 0 aromatic carbocycles. The van der Waals surface area contributed by atoms with Gasteiger partial charge < -0.3 is 5.73 Å². The van der Waals surface area contributed by atoms with Crippen molar-refractivity contribution in [2.75, 3.05) is 5.73 Å². The number of anilines is 1. The molecule has 0 saturated heterocycles. The monoisotopic (exact) mass is 214 g/mol. The SMILES string of the molecule is Nc1cnccc1-n1cc2c(n1)CCCC2. The van der Waals surface area contributed by atoms with Crippen LogP contribution in [0.25, 0.3) is 5.69 Å². The Hall–Kier alpha value is -1.84. The van der Waals surface area contributed by atoms with Gasteiger partial charge >= 0.3 is 0 Å². The first-order valence-corrected chi connectivity index (χ1v) is 5.62. The standard InChI is InChI=1S/C12H14N4/c13-10-7-14-6-5-12(10)16-8-9-3-1-2-4-11(9)15-16/h5-8H,1-4,13H2. The molecule has 16 heavy (non-hydrogen) atoms. The van der Waals surface area contributed by atoms with Gasteiger partial charge in [0.05, 0.1) is 23.3 Å². The average Bonchev–Trinajstić information content (AvgIpc) is 2.73. The van der Waals surface area contributed by atoms with Gasteiger partial charge in [-0.2, -0.15) is 5.10 Å². The Kier molecular flexibility index (Phi) is 2.13. The van der Waals surface area contributed by atoms with Crippen LogP contribution in [0.1, 0.15) is 24.1 Å². The van der Waals surface area contributed by atoms with Crippen molar-refractivity contribution in [2.24, 2.45) is 0 Å². The van der Waals surface area contributed by atoms with E-state index < -0.39 is 0 Å². The van der Waals surface area contributed by atoms with E-state index in [0.717, 1.165) is 18.5 Å². The highest BCUT2D eigenvalue weighted by atomic mass is 15.3. The minimum Gasteiger partial charge on any atom is -0.396 e. The minimum absolute atomic E-state index is 0.669. The molecule has 2 aromatic rings. The summed E-state index contributed by atoms with van der Waals surface area (Å²) >= 11 is 0. The first-order valence-electron chi connectivity index (χ1n) is 5.62. The predicted octanol–water partition coefficient (Wildman–Crippen LogP) is 1.73. The number of rotatable bonds is 1. The number of nitrogens with two attached hydrogens (primary N) is 1. The maximum absolute atomic E-state index is 5.89. The van der Waals surface area contributed by atoms with Crippen LogP contribution in [0.3, 0.4) is 0 Å². The third kappa shape index (κ3) is 1.46. The highest BCUT2D eigenvalue weighted by molar-refractivity contribution is 5.55. The molecule has 4 nitrogen and oxygen atoms in total. The third-order valence-corrected chi connectivity index (χ3v) is 3.06. The highest BCUT2D eigenvalue weighted by Gasteiger charge is 2.14. The number of hydrogen-bond acceptors (Lipinski definition) is 3. The fourth-order valence-electron chi connectivity index (χ4n) is 2.20. The van der Waals surface area contributed by atoms with Gasteiger partial charge in [-0.3, -0.25) is 4.98 Å². The van der Waals surface area contributed by atoms with E-state index in [1.165, 1.54) is 24.1 Å². The molecule has 0 atom stereocenters. The average molecular weight is 214 g/mol. The zero-order valence-electron chi connectivity index (χ0n) is 9.06. The molecule has 0 radical (unpaired) electrons. The Labute approximate surface area is 94.1 Å². The van der Waals surface area contributed by atoms with Crippen molar-refractivity contribution in [2.45, 2.75) is 25.7 Å². The van der Waals surface area contributed by atoms with Crippen LogP contribution in [0, 0.1) is 0 Å². The zero-order chi connectivity index (χ0) is 11.0. The Balaban J connectivity index is 2.07. The van der Waals surface area contributed by atoms with Crippen molar-refractivity contribution >= 4 is 5.69 Å². The maximum Gasteiger partial charge on any atom is 0.0906 e. The summed E-state index contributed by atoms with van der Waals surface area (Å²) in [6.07, 6.45) is 10.2. The second-order valence-electron chi connectivity index (χ2n) is 4.19. The molecule has 0 amide bonds.